The van der Waals surface area contributed by atoms with Crippen molar-refractivity contribution in [1.29, 1.82) is 0 Å². The molecule has 3 rings (SSSR count). The molecule has 0 spiro atoms. The van der Waals surface area contributed by atoms with Crippen molar-refractivity contribution in [2.75, 3.05) is 7.11 Å². The monoisotopic (exact) mass is 361 g/mol. The van der Waals surface area contributed by atoms with Crippen LogP contribution in [0.5, 0.6) is 0 Å². The molecule has 0 bridgehead atoms. The second kappa shape index (κ2) is 6.41. The first-order chi connectivity index (χ1) is 12.2. The molecule has 0 radical (unpaired) electrons. The fourth-order valence-electron chi connectivity index (χ4n) is 4.00. The third kappa shape index (κ3) is 2.97. The Kier molecular flexibility index (Phi) is 4.54. The molecule has 0 saturated carbocycles. The van der Waals surface area contributed by atoms with E-state index in [9.17, 15) is 18.4 Å². The van der Waals surface area contributed by atoms with E-state index in [0.717, 1.165) is 12.1 Å². The summed E-state index contributed by atoms with van der Waals surface area (Å²) in [6, 6.07) is 3.52. The molecule has 1 aromatic rings. The molecule has 1 aliphatic heterocycles. The summed E-state index contributed by atoms with van der Waals surface area (Å²) < 4.78 is 34.0. The van der Waals surface area contributed by atoms with Crippen LogP contribution in [0.15, 0.2) is 34.5 Å². The normalized spacial score (nSPS) is 24.8. The Labute approximate surface area is 151 Å². The van der Waals surface area contributed by atoms with Gasteiger partial charge in [0.2, 0.25) is 0 Å². The Hall–Kier alpha value is -2.37. The number of ketones is 1. The fraction of sp³-hybridized carbons (Fsp3) is 0.450. The van der Waals surface area contributed by atoms with E-state index in [2.05, 4.69) is 4.99 Å². The van der Waals surface area contributed by atoms with Gasteiger partial charge in [0.05, 0.1) is 7.11 Å². The number of allylic oxidation sites excluding steroid dienone is 2. The maximum atomic E-state index is 14.6. The zero-order chi connectivity index (χ0) is 19.2. The van der Waals surface area contributed by atoms with Crippen LogP contribution >= 0.6 is 0 Å². The number of methoxy groups -OCH3 is 1. The summed E-state index contributed by atoms with van der Waals surface area (Å²) in [4.78, 5) is 29.8. The van der Waals surface area contributed by atoms with Crippen LogP contribution in [0, 0.1) is 23.0 Å². The van der Waals surface area contributed by atoms with Crippen LogP contribution in [0.25, 0.3) is 0 Å². The van der Waals surface area contributed by atoms with Gasteiger partial charge in [-0.05, 0) is 30.9 Å². The van der Waals surface area contributed by atoms with Crippen LogP contribution < -0.4 is 0 Å². The highest BCUT2D eigenvalue weighted by Crippen LogP contribution is 2.48. The van der Waals surface area contributed by atoms with E-state index in [-0.39, 0.29) is 28.8 Å². The van der Waals surface area contributed by atoms with E-state index in [1.807, 2.05) is 13.8 Å². The van der Waals surface area contributed by atoms with Gasteiger partial charge >= 0.3 is 5.97 Å². The molecule has 1 aromatic carbocycles. The van der Waals surface area contributed by atoms with E-state index < -0.39 is 29.4 Å². The predicted molar refractivity (Wildman–Crippen MR) is 92.8 cm³/mol. The number of nitrogens with zero attached hydrogens (tertiary/aromatic N) is 1. The number of aliphatic imine (C=N–C) groups is 1. The highest BCUT2D eigenvalue weighted by molar-refractivity contribution is 6.09. The first-order valence-electron chi connectivity index (χ1n) is 8.49. The van der Waals surface area contributed by atoms with Gasteiger partial charge < -0.3 is 4.74 Å². The minimum Gasteiger partial charge on any atom is -0.468 e. The Balaban J connectivity index is 2.28. The Bertz CT molecular complexity index is 834. The maximum absolute atomic E-state index is 14.6. The number of benzene rings is 1. The van der Waals surface area contributed by atoms with Gasteiger partial charge in [-0.3, -0.25) is 14.6 Å². The summed E-state index contributed by atoms with van der Waals surface area (Å²) in [6.45, 7) is 5.53. The highest BCUT2D eigenvalue weighted by atomic mass is 19.1. The zero-order valence-electron chi connectivity index (χ0n) is 15.2. The summed E-state index contributed by atoms with van der Waals surface area (Å²) in [6.07, 6.45) is 0.743. The highest BCUT2D eigenvalue weighted by Gasteiger charge is 2.47. The van der Waals surface area contributed by atoms with Crippen molar-refractivity contribution in [3.05, 3.63) is 46.7 Å². The van der Waals surface area contributed by atoms with Crippen molar-refractivity contribution < 1.29 is 23.1 Å². The van der Waals surface area contributed by atoms with Crippen molar-refractivity contribution >= 4 is 17.5 Å². The lowest BCUT2D eigenvalue weighted by Crippen LogP contribution is -2.40. The van der Waals surface area contributed by atoms with Gasteiger partial charge in [0.15, 0.2) is 5.78 Å². The number of ether oxygens (including phenoxy) is 1. The van der Waals surface area contributed by atoms with Gasteiger partial charge in [-0.25, -0.2) is 8.78 Å². The molecule has 0 amide bonds. The number of esters is 1. The Morgan fingerprint density at radius 1 is 1.23 bits per heavy atom. The summed E-state index contributed by atoms with van der Waals surface area (Å²) in [5.41, 5.74) is 0.563. The molecule has 0 fully saturated rings. The smallest absolute Gasteiger partial charge is 0.315 e. The van der Waals surface area contributed by atoms with Gasteiger partial charge in [-0.1, -0.05) is 19.9 Å². The molecular weight excluding hydrogens is 340 g/mol. The number of hydrogen-bond acceptors (Lipinski definition) is 4. The van der Waals surface area contributed by atoms with Crippen molar-refractivity contribution in [2.45, 2.75) is 39.5 Å². The fourth-order valence-corrected chi connectivity index (χ4v) is 4.00. The van der Waals surface area contributed by atoms with Crippen LogP contribution in [-0.4, -0.2) is 24.6 Å². The lowest BCUT2D eigenvalue weighted by Gasteiger charge is -2.38. The topological polar surface area (TPSA) is 55.7 Å². The number of halogens is 2. The predicted octanol–water partition coefficient (Wildman–Crippen LogP) is 3.96. The molecule has 2 atom stereocenters. The molecule has 1 unspecified atom stereocenters. The molecule has 1 heterocycles. The Morgan fingerprint density at radius 3 is 2.42 bits per heavy atom. The molecule has 0 saturated heterocycles. The van der Waals surface area contributed by atoms with E-state index >= 15 is 0 Å². The lowest BCUT2D eigenvalue weighted by atomic mass is 9.66. The summed E-state index contributed by atoms with van der Waals surface area (Å²) in [5, 5.41) is 0. The summed E-state index contributed by atoms with van der Waals surface area (Å²) >= 11 is 0. The molecule has 26 heavy (non-hydrogen) atoms. The van der Waals surface area contributed by atoms with E-state index in [0.29, 0.717) is 17.8 Å². The van der Waals surface area contributed by atoms with Crippen LogP contribution in [0.1, 0.15) is 45.1 Å². The number of carbonyl (C=O) groups is 2. The molecule has 0 N–H and O–H groups in total. The van der Waals surface area contributed by atoms with Crippen molar-refractivity contribution in [3.63, 3.8) is 0 Å². The van der Waals surface area contributed by atoms with Crippen molar-refractivity contribution in [2.24, 2.45) is 16.3 Å². The van der Waals surface area contributed by atoms with Crippen LogP contribution in [0.4, 0.5) is 8.78 Å². The second-order valence-electron chi connectivity index (χ2n) is 7.67. The van der Waals surface area contributed by atoms with Gasteiger partial charge in [0.25, 0.3) is 0 Å². The first kappa shape index (κ1) is 18.4. The van der Waals surface area contributed by atoms with E-state index in [1.54, 1.807) is 6.92 Å². The quantitative estimate of drug-likeness (QED) is 0.750. The summed E-state index contributed by atoms with van der Waals surface area (Å²) in [7, 11) is 1.21. The number of hydrogen-bond donors (Lipinski definition) is 0. The van der Waals surface area contributed by atoms with Crippen LogP contribution in [-0.2, 0) is 14.3 Å². The number of carbonyl (C=O) groups excluding carboxylic acids is 2. The van der Waals surface area contributed by atoms with Gasteiger partial charge in [-0.15, -0.1) is 0 Å². The Morgan fingerprint density at radius 2 is 1.85 bits per heavy atom. The zero-order valence-corrected chi connectivity index (χ0v) is 15.2. The van der Waals surface area contributed by atoms with Crippen molar-refractivity contribution in [1.82, 2.24) is 0 Å². The SMILES string of the molecule is COC(=O)C1C(C)=NC2=C(C(=O)CC(C)(C)C2)[C@@H]1c1c(F)cccc1F. The minimum atomic E-state index is -1.07. The summed E-state index contributed by atoms with van der Waals surface area (Å²) in [5.74, 6) is -4.57. The largest absolute Gasteiger partial charge is 0.468 e. The van der Waals surface area contributed by atoms with Crippen LogP contribution in [0.2, 0.25) is 0 Å². The van der Waals surface area contributed by atoms with E-state index in [4.69, 9.17) is 4.74 Å². The standard InChI is InChI=1S/C20H21F2NO3/c1-10-15(19(25)26-4)18(16-11(21)6-5-7-12(16)22)17-13(23-10)8-20(2,3)9-14(17)24/h5-7,15,18H,8-9H2,1-4H3/t15?,18-/m0/s1. The average molecular weight is 361 g/mol. The van der Waals surface area contributed by atoms with Crippen LogP contribution in [0.3, 0.4) is 0 Å². The second-order valence-corrected chi connectivity index (χ2v) is 7.67. The van der Waals surface area contributed by atoms with Gasteiger partial charge in [0.1, 0.15) is 17.6 Å². The third-order valence-electron chi connectivity index (χ3n) is 5.07. The maximum Gasteiger partial charge on any atom is 0.315 e. The first-order valence-corrected chi connectivity index (χ1v) is 8.49. The lowest BCUT2D eigenvalue weighted by molar-refractivity contribution is -0.143. The minimum absolute atomic E-state index is 0.228. The van der Waals surface area contributed by atoms with Crippen molar-refractivity contribution in [3.8, 4) is 0 Å². The van der Waals surface area contributed by atoms with Gasteiger partial charge in [0, 0.05) is 34.9 Å². The average Bonchev–Trinajstić information content (AvgIpc) is 2.52. The molecule has 1 aliphatic carbocycles. The molecule has 0 aromatic heterocycles. The molecular formula is C20H21F2NO3. The number of Topliss-reactive ketones (excluding diaryl/α,β-unsaturated/α-hetero) is 1. The number of rotatable bonds is 2. The van der Waals surface area contributed by atoms with E-state index in [1.165, 1.54) is 13.2 Å². The molecule has 138 valence electrons. The molecule has 6 heteroatoms. The van der Waals surface area contributed by atoms with Gasteiger partial charge in [-0.2, -0.15) is 0 Å². The third-order valence-corrected chi connectivity index (χ3v) is 5.07. The molecule has 4 nitrogen and oxygen atoms in total. The molecule has 2 aliphatic rings.